The summed E-state index contributed by atoms with van der Waals surface area (Å²) in [4.78, 5) is 22.9. The third-order valence-electron chi connectivity index (χ3n) is 3.53. The maximum Gasteiger partial charge on any atom is 0.276 e. The molecular weight excluding hydrogens is 336 g/mol. The summed E-state index contributed by atoms with van der Waals surface area (Å²) in [7, 11) is 1.69. The van der Waals surface area contributed by atoms with Crippen molar-refractivity contribution in [2.75, 3.05) is 5.32 Å². The van der Waals surface area contributed by atoms with Gasteiger partial charge in [0.2, 0.25) is 0 Å². The lowest BCUT2D eigenvalue weighted by molar-refractivity contribution is -0.384. The Hall–Kier alpha value is -3.68. The number of anilines is 1. The van der Waals surface area contributed by atoms with Crippen LogP contribution >= 0.6 is 0 Å². The predicted octanol–water partition coefficient (Wildman–Crippen LogP) is 3.68. The summed E-state index contributed by atoms with van der Waals surface area (Å²) in [6.07, 6.45) is 1.63. The van der Waals surface area contributed by atoms with E-state index in [1.54, 1.807) is 25.4 Å². The summed E-state index contributed by atoms with van der Waals surface area (Å²) in [6, 6.07) is 12.9. The molecule has 0 bridgehead atoms. The smallest absolute Gasteiger partial charge is 0.276 e. The lowest BCUT2D eigenvalue weighted by Gasteiger charge is -2.09. The zero-order chi connectivity index (χ0) is 18.7. The van der Waals surface area contributed by atoms with Crippen LogP contribution in [0, 0.1) is 17.0 Å². The molecule has 26 heavy (non-hydrogen) atoms. The quantitative estimate of drug-likeness (QED) is 0.558. The third-order valence-corrected chi connectivity index (χ3v) is 3.53. The number of carbonyl (C=O) groups is 1. The molecule has 8 nitrogen and oxygen atoms in total. The van der Waals surface area contributed by atoms with Crippen molar-refractivity contribution in [3.63, 3.8) is 0 Å². The van der Waals surface area contributed by atoms with Crippen LogP contribution < -0.4 is 10.1 Å². The van der Waals surface area contributed by atoms with E-state index in [4.69, 9.17) is 4.74 Å². The van der Waals surface area contributed by atoms with Crippen molar-refractivity contribution < 1.29 is 14.5 Å². The molecule has 2 aromatic carbocycles. The first kappa shape index (κ1) is 17.2. The van der Waals surface area contributed by atoms with Gasteiger partial charge in [0.1, 0.15) is 11.5 Å². The van der Waals surface area contributed by atoms with Gasteiger partial charge in [-0.2, -0.15) is 5.10 Å². The van der Waals surface area contributed by atoms with Gasteiger partial charge in [-0.1, -0.05) is 12.1 Å². The molecule has 0 saturated carbocycles. The molecule has 3 rings (SSSR count). The van der Waals surface area contributed by atoms with Crippen LogP contribution in [0.1, 0.15) is 16.1 Å². The van der Waals surface area contributed by atoms with Crippen LogP contribution in [0.5, 0.6) is 11.5 Å². The van der Waals surface area contributed by atoms with Crippen LogP contribution in [0.2, 0.25) is 0 Å². The van der Waals surface area contributed by atoms with Gasteiger partial charge in [0.25, 0.3) is 11.6 Å². The monoisotopic (exact) mass is 352 g/mol. The largest absolute Gasteiger partial charge is 0.457 e. The van der Waals surface area contributed by atoms with Crippen molar-refractivity contribution >= 4 is 17.3 Å². The normalized spacial score (nSPS) is 10.4. The van der Waals surface area contributed by atoms with Crippen molar-refractivity contribution in [2.45, 2.75) is 6.92 Å². The maximum absolute atomic E-state index is 12.2. The van der Waals surface area contributed by atoms with Crippen molar-refractivity contribution in [2.24, 2.45) is 7.05 Å². The zero-order valence-corrected chi connectivity index (χ0v) is 14.2. The van der Waals surface area contributed by atoms with Crippen molar-refractivity contribution in [3.05, 3.63) is 76.1 Å². The number of nitro benzene ring substituents is 1. The summed E-state index contributed by atoms with van der Waals surface area (Å²) in [5.41, 5.74) is 1.26. The molecule has 0 saturated heterocycles. The van der Waals surface area contributed by atoms with E-state index in [2.05, 4.69) is 10.4 Å². The number of benzene rings is 2. The van der Waals surface area contributed by atoms with Crippen LogP contribution in [0.15, 0.2) is 54.7 Å². The summed E-state index contributed by atoms with van der Waals surface area (Å²) in [5, 5.41) is 17.8. The van der Waals surface area contributed by atoms with Crippen LogP contribution in [0.4, 0.5) is 11.4 Å². The van der Waals surface area contributed by atoms with Gasteiger partial charge in [-0.25, -0.2) is 0 Å². The number of non-ortho nitro benzene ring substituents is 1. The second kappa shape index (κ2) is 7.06. The van der Waals surface area contributed by atoms with Gasteiger partial charge in [0, 0.05) is 25.4 Å². The standard InChI is InChI=1S/C18H16N4O4/c1-12-4-3-5-15(8-12)26-16-10-13(9-14(11-16)22(24)25)19-18(23)17-6-7-21(2)20-17/h3-11H,1-2H3,(H,19,23). The molecule has 132 valence electrons. The summed E-state index contributed by atoms with van der Waals surface area (Å²) >= 11 is 0. The highest BCUT2D eigenvalue weighted by atomic mass is 16.6. The Morgan fingerprint density at radius 3 is 2.65 bits per heavy atom. The number of aryl methyl sites for hydroxylation is 2. The van der Waals surface area contributed by atoms with E-state index in [9.17, 15) is 14.9 Å². The summed E-state index contributed by atoms with van der Waals surface area (Å²) < 4.78 is 7.20. The summed E-state index contributed by atoms with van der Waals surface area (Å²) in [5.74, 6) is 0.334. The fourth-order valence-corrected chi connectivity index (χ4v) is 2.37. The molecule has 0 unspecified atom stereocenters. The minimum atomic E-state index is -0.542. The van der Waals surface area contributed by atoms with Gasteiger partial charge < -0.3 is 10.1 Å². The molecule has 1 heterocycles. The average molecular weight is 352 g/mol. The molecule has 0 radical (unpaired) electrons. The van der Waals surface area contributed by atoms with Crippen LogP contribution in [0.3, 0.4) is 0 Å². The molecular formula is C18H16N4O4. The fraction of sp³-hybridized carbons (Fsp3) is 0.111. The highest BCUT2D eigenvalue weighted by Crippen LogP contribution is 2.30. The van der Waals surface area contributed by atoms with Crippen LogP contribution in [-0.4, -0.2) is 20.6 Å². The molecule has 0 spiro atoms. The van der Waals surface area contributed by atoms with E-state index in [-0.39, 0.29) is 22.8 Å². The molecule has 0 aliphatic carbocycles. The van der Waals surface area contributed by atoms with E-state index in [0.29, 0.717) is 5.75 Å². The molecule has 1 N–H and O–H groups in total. The molecule has 1 amide bonds. The number of carbonyl (C=O) groups excluding carboxylic acids is 1. The van der Waals surface area contributed by atoms with Gasteiger partial charge in [0.05, 0.1) is 16.7 Å². The maximum atomic E-state index is 12.2. The number of ether oxygens (including phenoxy) is 1. The lowest BCUT2D eigenvalue weighted by atomic mass is 10.2. The Morgan fingerprint density at radius 2 is 2.00 bits per heavy atom. The van der Waals surface area contributed by atoms with Gasteiger partial charge in [0.15, 0.2) is 5.69 Å². The van der Waals surface area contributed by atoms with Crippen LogP contribution in [0.25, 0.3) is 0 Å². The lowest BCUT2D eigenvalue weighted by Crippen LogP contribution is -2.13. The van der Waals surface area contributed by atoms with E-state index < -0.39 is 10.8 Å². The van der Waals surface area contributed by atoms with Gasteiger partial charge in [-0.05, 0) is 30.7 Å². The van der Waals surface area contributed by atoms with Crippen molar-refractivity contribution in [3.8, 4) is 11.5 Å². The van der Waals surface area contributed by atoms with Crippen molar-refractivity contribution in [1.29, 1.82) is 0 Å². The first-order chi connectivity index (χ1) is 12.4. The Morgan fingerprint density at radius 1 is 1.19 bits per heavy atom. The second-order valence-corrected chi connectivity index (χ2v) is 5.72. The Labute approximate surface area is 149 Å². The van der Waals surface area contributed by atoms with E-state index >= 15 is 0 Å². The first-order valence-electron chi connectivity index (χ1n) is 7.76. The molecule has 1 aromatic heterocycles. The number of aromatic nitrogens is 2. The SMILES string of the molecule is Cc1cccc(Oc2cc(NC(=O)c3ccn(C)n3)cc([N+](=O)[O-])c2)c1. The number of amides is 1. The van der Waals surface area contributed by atoms with Gasteiger partial charge >= 0.3 is 0 Å². The highest BCUT2D eigenvalue weighted by molar-refractivity contribution is 6.03. The molecule has 3 aromatic rings. The second-order valence-electron chi connectivity index (χ2n) is 5.72. The number of nitrogens with zero attached hydrogens (tertiary/aromatic N) is 3. The van der Waals surface area contributed by atoms with Gasteiger partial charge in [-0.3, -0.25) is 19.6 Å². The molecule has 0 aliphatic rings. The number of rotatable bonds is 5. The Balaban J connectivity index is 1.88. The first-order valence-corrected chi connectivity index (χ1v) is 7.76. The number of hydrogen-bond acceptors (Lipinski definition) is 5. The van der Waals surface area contributed by atoms with Gasteiger partial charge in [-0.15, -0.1) is 0 Å². The molecule has 0 aliphatic heterocycles. The Bertz CT molecular complexity index is 981. The predicted molar refractivity (Wildman–Crippen MR) is 95.5 cm³/mol. The minimum Gasteiger partial charge on any atom is -0.457 e. The van der Waals surface area contributed by atoms with E-state index in [1.807, 2.05) is 25.1 Å². The number of nitrogens with one attached hydrogen (secondary N) is 1. The average Bonchev–Trinajstić information content (AvgIpc) is 3.01. The topological polar surface area (TPSA) is 99.3 Å². The highest BCUT2D eigenvalue weighted by Gasteiger charge is 2.15. The number of hydrogen-bond donors (Lipinski definition) is 1. The minimum absolute atomic E-state index is 0.188. The Kier molecular flexibility index (Phi) is 4.66. The van der Waals surface area contributed by atoms with Crippen molar-refractivity contribution in [1.82, 2.24) is 9.78 Å². The van der Waals surface area contributed by atoms with E-state index in [1.165, 1.54) is 22.9 Å². The van der Waals surface area contributed by atoms with E-state index in [0.717, 1.165) is 5.56 Å². The zero-order valence-electron chi connectivity index (χ0n) is 14.2. The third kappa shape index (κ3) is 4.04. The number of nitro groups is 1. The fourth-order valence-electron chi connectivity index (χ4n) is 2.37. The van der Waals surface area contributed by atoms with Crippen LogP contribution in [-0.2, 0) is 7.05 Å². The molecule has 0 atom stereocenters. The summed E-state index contributed by atoms with van der Waals surface area (Å²) in [6.45, 7) is 1.92. The molecule has 0 fully saturated rings. The molecule has 8 heteroatoms.